The van der Waals surface area contributed by atoms with E-state index < -0.39 is 0 Å². The molecule has 0 unspecified atom stereocenters. The second-order valence-electron chi connectivity index (χ2n) is 3.74. The van der Waals surface area contributed by atoms with E-state index in [0.29, 0.717) is 21.4 Å². The number of thiophene rings is 1. The monoisotopic (exact) mass is 394 g/mol. The van der Waals surface area contributed by atoms with Gasteiger partial charge in [0.1, 0.15) is 9.90 Å². The van der Waals surface area contributed by atoms with Crippen LogP contribution in [0, 0.1) is 6.92 Å². The van der Waals surface area contributed by atoms with E-state index in [1.54, 1.807) is 7.05 Å². The molecule has 20 heavy (non-hydrogen) atoms. The zero-order valence-electron chi connectivity index (χ0n) is 10.4. The third-order valence-corrected chi connectivity index (χ3v) is 5.10. The Labute approximate surface area is 137 Å². The average Bonchev–Trinajstić information content (AvgIpc) is 2.70. The van der Waals surface area contributed by atoms with Gasteiger partial charge >= 0.3 is 0 Å². The molecule has 2 heterocycles. The highest BCUT2D eigenvalue weighted by atomic mass is 79.9. The average molecular weight is 396 g/mol. The molecule has 0 spiro atoms. The number of hydrogen-bond acceptors (Lipinski definition) is 5. The van der Waals surface area contributed by atoms with Crippen LogP contribution in [-0.4, -0.2) is 22.9 Å². The van der Waals surface area contributed by atoms with Gasteiger partial charge < -0.3 is 10.6 Å². The van der Waals surface area contributed by atoms with Crippen LogP contribution in [-0.2, 0) is 0 Å². The predicted molar refractivity (Wildman–Crippen MR) is 85.5 cm³/mol. The van der Waals surface area contributed by atoms with Crippen LogP contribution in [0.25, 0.3) is 0 Å². The number of aromatic nitrogens is 2. The molecule has 0 atom stereocenters. The summed E-state index contributed by atoms with van der Waals surface area (Å²) in [7, 11) is 1.57. The molecule has 5 nitrogen and oxygen atoms in total. The molecule has 0 aliphatic rings. The van der Waals surface area contributed by atoms with E-state index in [0.717, 1.165) is 9.35 Å². The van der Waals surface area contributed by atoms with E-state index in [1.807, 2.05) is 6.92 Å². The standard InChI is InChI=1S/C11H9BrCl2N4OS/c1-4-6(7(10(19)15-2)20-8(4)12)17-9-5(13)3-16-11(14)18-9/h3H,1-2H3,(H,15,19)(H,16,17,18). The van der Waals surface area contributed by atoms with Crippen molar-refractivity contribution < 1.29 is 4.79 Å². The van der Waals surface area contributed by atoms with Crippen molar-refractivity contribution in [3.8, 4) is 0 Å². The van der Waals surface area contributed by atoms with Crippen molar-refractivity contribution >= 4 is 67.9 Å². The lowest BCUT2D eigenvalue weighted by Crippen LogP contribution is -2.17. The summed E-state index contributed by atoms with van der Waals surface area (Å²) in [6.07, 6.45) is 1.40. The summed E-state index contributed by atoms with van der Waals surface area (Å²) in [5, 5.41) is 6.02. The van der Waals surface area contributed by atoms with Crippen LogP contribution in [0.15, 0.2) is 9.98 Å². The molecule has 0 aliphatic carbocycles. The lowest BCUT2D eigenvalue weighted by atomic mass is 10.2. The van der Waals surface area contributed by atoms with Crippen LogP contribution in [0.1, 0.15) is 15.2 Å². The number of nitrogens with one attached hydrogen (secondary N) is 2. The first-order valence-corrected chi connectivity index (χ1v) is 7.76. The highest BCUT2D eigenvalue weighted by Gasteiger charge is 2.20. The van der Waals surface area contributed by atoms with E-state index in [-0.39, 0.29) is 11.2 Å². The lowest BCUT2D eigenvalue weighted by Gasteiger charge is -2.09. The molecule has 2 aromatic heterocycles. The maximum atomic E-state index is 11.9. The van der Waals surface area contributed by atoms with Crippen LogP contribution in [0.4, 0.5) is 11.5 Å². The molecule has 0 aromatic carbocycles. The largest absolute Gasteiger partial charge is 0.354 e. The van der Waals surface area contributed by atoms with Gasteiger partial charge in [0, 0.05) is 7.05 Å². The van der Waals surface area contributed by atoms with Crippen molar-refractivity contribution in [2.24, 2.45) is 0 Å². The Bertz CT molecular complexity index is 677. The number of anilines is 2. The quantitative estimate of drug-likeness (QED) is 0.770. The minimum Gasteiger partial charge on any atom is -0.354 e. The number of rotatable bonds is 3. The van der Waals surface area contributed by atoms with Gasteiger partial charge in [0.05, 0.1) is 15.7 Å². The SMILES string of the molecule is CNC(=O)c1sc(Br)c(C)c1Nc1nc(Cl)ncc1Cl. The molecule has 0 bridgehead atoms. The molecule has 0 saturated carbocycles. The fourth-order valence-corrected chi connectivity index (χ4v) is 3.35. The van der Waals surface area contributed by atoms with Gasteiger partial charge in [-0.3, -0.25) is 4.79 Å². The molecule has 0 fully saturated rings. The van der Waals surface area contributed by atoms with Gasteiger partial charge in [-0.15, -0.1) is 11.3 Å². The lowest BCUT2D eigenvalue weighted by molar-refractivity contribution is 0.0968. The Kier molecular flexibility index (Phi) is 4.85. The van der Waals surface area contributed by atoms with Gasteiger partial charge in [0.2, 0.25) is 5.28 Å². The first-order valence-electron chi connectivity index (χ1n) is 5.40. The van der Waals surface area contributed by atoms with Gasteiger partial charge in [-0.1, -0.05) is 11.6 Å². The third kappa shape index (κ3) is 3.06. The van der Waals surface area contributed by atoms with E-state index >= 15 is 0 Å². The van der Waals surface area contributed by atoms with E-state index in [1.165, 1.54) is 17.5 Å². The van der Waals surface area contributed by atoms with E-state index in [2.05, 4.69) is 36.5 Å². The fraction of sp³-hybridized carbons (Fsp3) is 0.182. The highest BCUT2D eigenvalue weighted by molar-refractivity contribution is 9.11. The molecular formula is C11H9BrCl2N4OS. The summed E-state index contributed by atoms with van der Waals surface area (Å²) in [4.78, 5) is 20.2. The van der Waals surface area contributed by atoms with E-state index in [9.17, 15) is 4.79 Å². The van der Waals surface area contributed by atoms with Crippen molar-refractivity contribution in [1.29, 1.82) is 0 Å². The van der Waals surface area contributed by atoms with Crippen LogP contribution in [0.5, 0.6) is 0 Å². The van der Waals surface area contributed by atoms with Crippen molar-refractivity contribution in [3.63, 3.8) is 0 Å². The maximum Gasteiger partial charge on any atom is 0.263 e. The summed E-state index contributed by atoms with van der Waals surface area (Å²) in [5.41, 5.74) is 1.53. The highest BCUT2D eigenvalue weighted by Crippen LogP contribution is 2.39. The normalized spacial score (nSPS) is 10.4. The Morgan fingerprint density at radius 3 is 2.80 bits per heavy atom. The van der Waals surface area contributed by atoms with Crippen molar-refractivity contribution in [2.75, 3.05) is 12.4 Å². The van der Waals surface area contributed by atoms with Crippen molar-refractivity contribution in [2.45, 2.75) is 6.92 Å². The summed E-state index contributed by atoms with van der Waals surface area (Å²) in [6.45, 7) is 1.88. The number of amides is 1. The molecule has 2 aromatic rings. The van der Waals surface area contributed by atoms with Gasteiger partial charge in [-0.05, 0) is 40.0 Å². The summed E-state index contributed by atoms with van der Waals surface area (Å²) < 4.78 is 0.856. The second-order valence-corrected chi connectivity index (χ2v) is 6.83. The smallest absolute Gasteiger partial charge is 0.263 e. The number of halogens is 3. The van der Waals surface area contributed by atoms with Crippen LogP contribution in [0.3, 0.4) is 0 Å². The molecule has 0 radical (unpaired) electrons. The minimum atomic E-state index is -0.192. The molecule has 9 heteroatoms. The number of nitrogens with zero attached hydrogens (tertiary/aromatic N) is 2. The maximum absolute atomic E-state index is 11.9. The van der Waals surface area contributed by atoms with Gasteiger partial charge in [-0.25, -0.2) is 4.98 Å². The molecule has 106 valence electrons. The van der Waals surface area contributed by atoms with Crippen LogP contribution >= 0.6 is 50.5 Å². The Balaban J connectivity index is 2.47. The molecule has 0 saturated heterocycles. The van der Waals surface area contributed by atoms with Gasteiger partial charge in [0.25, 0.3) is 5.91 Å². The van der Waals surface area contributed by atoms with Gasteiger partial charge in [-0.2, -0.15) is 4.98 Å². The molecule has 1 amide bonds. The third-order valence-electron chi connectivity index (χ3n) is 2.48. The molecular weight excluding hydrogens is 387 g/mol. The fourth-order valence-electron chi connectivity index (χ4n) is 1.46. The van der Waals surface area contributed by atoms with Crippen LogP contribution < -0.4 is 10.6 Å². The first kappa shape index (κ1) is 15.5. The number of carbonyl (C=O) groups excluding carboxylic acids is 1. The Morgan fingerprint density at radius 1 is 1.45 bits per heavy atom. The topological polar surface area (TPSA) is 66.9 Å². The zero-order chi connectivity index (χ0) is 14.9. The molecule has 0 aliphatic heterocycles. The van der Waals surface area contributed by atoms with Crippen LogP contribution in [0.2, 0.25) is 10.3 Å². The number of carbonyl (C=O) groups is 1. The van der Waals surface area contributed by atoms with Gasteiger partial charge in [0.15, 0.2) is 5.82 Å². The molecule has 2 rings (SSSR count). The van der Waals surface area contributed by atoms with E-state index in [4.69, 9.17) is 23.2 Å². The zero-order valence-corrected chi connectivity index (χ0v) is 14.3. The summed E-state index contributed by atoms with van der Waals surface area (Å²) in [6, 6.07) is 0. The summed E-state index contributed by atoms with van der Waals surface area (Å²) in [5.74, 6) is 0.160. The van der Waals surface area contributed by atoms with Crippen molar-refractivity contribution in [3.05, 3.63) is 30.7 Å². The molecule has 2 N–H and O–H groups in total. The minimum absolute atomic E-state index is 0.0744. The Morgan fingerprint density at radius 2 is 2.15 bits per heavy atom. The first-order chi connectivity index (χ1) is 9.43. The van der Waals surface area contributed by atoms with Crippen molar-refractivity contribution in [1.82, 2.24) is 15.3 Å². The Hall–Kier alpha value is -0.890. The summed E-state index contributed by atoms with van der Waals surface area (Å²) >= 11 is 16.5. The number of hydrogen-bond donors (Lipinski definition) is 2. The predicted octanol–water partition coefficient (Wildman–Crippen LogP) is 4.02. The second kappa shape index (κ2) is 6.26.